The molecule has 0 aliphatic carbocycles. The van der Waals surface area contributed by atoms with E-state index < -0.39 is 76.3 Å². The topological polar surface area (TPSA) is 129 Å². The predicted molar refractivity (Wildman–Crippen MR) is 358 cm³/mol. The normalized spacial score (nSPS) is 13.8. The quantitative estimate of drug-likeness (QED) is 0.0248. The van der Waals surface area contributed by atoms with Gasteiger partial charge in [-0.1, -0.05) is 172 Å². The minimum Gasteiger partial charge on any atom is -0.417 e. The fourth-order valence-corrected chi connectivity index (χ4v) is 41.0. The zero-order valence-corrected chi connectivity index (χ0v) is 65.4. The zero-order chi connectivity index (χ0) is 60.6. The first kappa shape index (κ1) is 81.4. The van der Waals surface area contributed by atoms with Crippen molar-refractivity contribution in [3.05, 3.63) is 0 Å². The molecule has 0 saturated carbocycles. The maximum atomic E-state index is 7.70. The summed E-state index contributed by atoms with van der Waals surface area (Å²) in [5, 5.41) is 0. The van der Waals surface area contributed by atoms with E-state index in [0.29, 0.717) is 6.61 Å². The third kappa shape index (κ3) is 38.6. The van der Waals surface area contributed by atoms with Gasteiger partial charge in [-0.05, 0) is 96.4 Å². The van der Waals surface area contributed by atoms with Gasteiger partial charge in [-0.3, -0.25) is 0 Å². The molecule has 0 aliphatic heterocycles. The third-order valence-corrected chi connectivity index (χ3v) is 48.0. The maximum absolute atomic E-state index is 7.70. The van der Waals surface area contributed by atoms with E-state index in [1.165, 1.54) is 140 Å². The van der Waals surface area contributed by atoms with Crippen LogP contribution in [0.3, 0.4) is 0 Å². The molecule has 0 N–H and O–H groups in total. The maximum Gasteiger partial charge on any atom is 0.500 e. The summed E-state index contributed by atoms with van der Waals surface area (Å²) in [6.07, 6.45) is 30.9. The molecular formula is C57H134O14Si9. The molecule has 0 bridgehead atoms. The Morgan fingerprint density at radius 3 is 0.662 bits per heavy atom. The van der Waals surface area contributed by atoms with Crippen molar-refractivity contribution >= 4 is 76.3 Å². The van der Waals surface area contributed by atoms with Crippen LogP contribution in [0, 0.1) is 0 Å². The molecular weight excluding hydrogens is 1160 g/mol. The van der Waals surface area contributed by atoms with Crippen LogP contribution in [-0.2, 0) is 62.0 Å². The second kappa shape index (κ2) is 44.8. The average Bonchev–Trinajstić information content (AvgIpc) is 3.40. The minimum absolute atomic E-state index is 0.635. The summed E-state index contributed by atoms with van der Waals surface area (Å²) in [5.41, 5.74) is 0. The van der Waals surface area contributed by atoms with Crippen LogP contribution < -0.4 is 0 Å². The first-order chi connectivity index (χ1) is 37.8. The molecule has 23 heteroatoms. The standard InChI is InChI=1S/C57H134O14Si9/c1-21-67-68-46-37-31-25-23-22-24-26-32-38-47-72(11,12)48-39-33-27-28-34-40-49-73(13,14)50-41-35-29-30-36-42-54-80(69-74(15,16)51-43-55-77(58-2,59-3)60-4,70-75(17,18)52-44-56-78(61-5,62-6)63-7)71-76(19,20)53-45-57-79(64-8,65-9)66-10/h21-57H2,1-20H3. The number of unbranched alkanes of at least 4 members (excludes halogenated alkanes) is 18. The number of hydrogen-bond acceptors (Lipinski definition) is 14. The molecule has 0 amide bonds. The average molecular weight is 1300 g/mol. The molecule has 0 aromatic carbocycles. The lowest BCUT2D eigenvalue weighted by atomic mass is 10.1. The molecule has 0 aromatic rings. The molecule has 482 valence electrons. The van der Waals surface area contributed by atoms with Gasteiger partial charge in [-0.25, -0.2) is 9.78 Å². The van der Waals surface area contributed by atoms with Gasteiger partial charge in [0.05, 0.1) is 13.2 Å². The van der Waals surface area contributed by atoms with Crippen molar-refractivity contribution in [2.45, 2.75) is 293 Å². The van der Waals surface area contributed by atoms with Crippen LogP contribution in [-0.4, -0.2) is 154 Å². The van der Waals surface area contributed by atoms with Crippen LogP contribution in [0.15, 0.2) is 0 Å². The van der Waals surface area contributed by atoms with Crippen molar-refractivity contribution in [1.29, 1.82) is 0 Å². The minimum atomic E-state index is -3.27. The van der Waals surface area contributed by atoms with Gasteiger partial charge in [0.15, 0.2) is 25.0 Å². The van der Waals surface area contributed by atoms with E-state index in [2.05, 4.69) is 65.5 Å². The molecule has 0 radical (unpaired) electrons. The summed E-state index contributed by atoms with van der Waals surface area (Å²) < 4.78 is 75.6. The lowest BCUT2D eigenvalue weighted by molar-refractivity contribution is -0.291. The van der Waals surface area contributed by atoms with Crippen LogP contribution >= 0.6 is 0 Å². The van der Waals surface area contributed by atoms with Crippen LogP contribution in [0.25, 0.3) is 0 Å². The lowest BCUT2D eigenvalue weighted by Crippen LogP contribution is -2.62. The van der Waals surface area contributed by atoms with E-state index in [-0.39, 0.29) is 0 Å². The second-order valence-electron chi connectivity index (χ2n) is 26.4. The van der Waals surface area contributed by atoms with Crippen molar-refractivity contribution in [2.75, 3.05) is 77.2 Å². The fourth-order valence-electron chi connectivity index (χ4n) is 11.5. The molecule has 0 rings (SSSR count). The first-order valence-corrected chi connectivity index (χ1v) is 56.0. The summed E-state index contributed by atoms with van der Waals surface area (Å²) in [4.78, 5) is 10.1. The summed E-state index contributed by atoms with van der Waals surface area (Å²) in [6, 6.07) is 11.8. The number of rotatable bonds is 59. The highest BCUT2D eigenvalue weighted by Gasteiger charge is 2.53. The molecule has 14 nitrogen and oxygen atoms in total. The van der Waals surface area contributed by atoms with Gasteiger partial charge in [0.25, 0.3) is 0 Å². The molecule has 0 unspecified atom stereocenters. The second-order valence-corrected chi connectivity index (χ2v) is 62.7. The molecule has 0 aliphatic rings. The molecule has 0 atom stereocenters. The Morgan fingerprint density at radius 2 is 0.425 bits per heavy atom. The summed E-state index contributed by atoms with van der Waals surface area (Å²) in [5.74, 6) is 0. The van der Waals surface area contributed by atoms with Crippen LogP contribution in [0.2, 0.25) is 132 Å². The van der Waals surface area contributed by atoms with Crippen molar-refractivity contribution in [3.63, 3.8) is 0 Å². The van der Waals surface area contributed by atoms with E-state index in [9.17, 15) is 0 Å². The largest absolute Gasteiger partial charge is 0.500 e. The van der Waals surface area contributed by atoms with E-state index in [4.69, 9.17) is 62.0 Å². The van der Waals surface area contributed by atoms with Gasteiger partial charge < -0.3 is 52.2 Å². The smallest absolute Gasteiger partial charge is 0.417 e. The van der Waals surface area contributed by atoms with Crippen molar-refractivity contribution in [3.8, 4) is 0 Å². The molecule has 0 aromatic heterocycles. The first-order valence-electron chi connectivity index (χ1n) is 32.1. The van der Waals surface area contributed by atoms with Crippen molar-refractivity contribution in [1.82, 2.24) is 0 Å². The SMILES string of the molecule is CCOOCCCCCCCCCCC[Si](C)(C)CCCCCCCC[Si](C)(C)CCCCCCCC[Si](O[Si](C)(C)CCC[Si](OC)(OC)OC)(O[Si](C)(C)CCC[Si](OC)(OC)OC)O[Si](C)(C)CCC[Si](OC)(OC)OC. The van der Waals surface area contributed by atoms with Crippen LogP contribution in [0.5, 0.6) is 0 Å². The molecule has 0 fully saturated rings. The summed E-state index contributed by atoms with van der Waals surface area (Å²) >= 11 is 0. The predicted octanol–water partition coefficient (Wildman–Crippen LogP) is 18.0. The Hall–Kier alpha value is 1.39. The Morgan fingerprint density at radius 1 is 0.212 bits per heavy atom. The highest BCUT2D eigenvalue weighted by molar-refractivity contribution is 6.91. The third-order valence-electron chi connectivity index (χ3n) is 16.7. The van der Waals surface area contributed by atoms with Gasteiger partial charge >= 0.3 is 35.2 Å². The lowest BCUT2D eigenvalue weighted by Gasteiger charge is -2.45. The Kier molecular flexibility index (Phi) is 45.5. The Bertz CT molecular complexity index is 1340. The molecule has 0 spiro atoms. The monoisotopic (exact) mass is 1290 g/mol. The van der Waals surface area contributed by atoms with E-state index in [0.717, 1.165) is 87.4 Å². The van der Waals surface area contributed by atoms with Gasteiger partial charge in [0.1, 0.15) is 0 Å². The van der Waals surface area contributed by atoms with Crippen molar-refractivity contribution < 1.29 is 62.0 Å². The summed E-state index contributed by atoms with van der Waals surface area (Å²) in [7, 11) is -5.57. The van der Waals surface area contributed by atoms with Gasteiger partial charge in [0, 0.05) is 104 Å². The van der Waals surface area contributed by atoms with E-state index in [1.54, 1.807) is 64.0 Å². The zero-order valence-electron chi connectivity index (χ0n) is 56.4. The number of hydrogen-bond donors (Lipinski definition) is 0. The fraction of sp³-hybridized carbons (Fsp3) is 1.00. The van der Waals surface area contributed by atoms with Crippen LogP contribution in [0.4, 0.5) is 0 Å². The van der Waals surface area contributed by atoms with Gasteiger partial charge in [-0.2, -0.15) is 0 Å². The Balaban J connectivity index is 5.47. The highest BCUT2D eigenvalue weighted by atomic mass is 28.5. The van der Waals surface area contributed by atoms with Crippen molar-refractivity contribution in [2.24, 2.45) is 0 Å². The van der Waals surface area contributed by atoms with Gasteiger partial charge in [0.2, 0.25) is 0 Å². The molecule has 0 saturated heterocycles. The van der Waals surface area contributed by atoms with Crippen LogP contribution in [0.1, 0.15) is 161 Å². The van der Waals surface area contributed by atoms with E-state index in [1.807, 2.05) is 6.92 Å². The Labute approximate surface area is 505 Å². The molecule has 80 heavy (non-hydrogen) atoms. The van der Waals surface area contributed by atoms with Gasteiger partial charge in [-0.15, -0.1) is 0 Å². The van der Waals surface area contributed by atoms with E-state index >= 15 is 0 Å². The highest BCUT2D eigenvalue weighted by Crippen LogP contribution is 2.37. The summed E-state index contributed by atoms with van der Waals surface area (Å²) in [6.45, 7) is 28.0. The molecule has 0 heterocycles.